The van der Waals surface area contributed by atoms with Gasteiger partial charge < -0.3 is 39.2 Å². The highest BCUT2D eigenvalue weighted by molar-refractivity contribution is 7.89. The molecule has 0 aliphatic carbocycles. The van der Waals surface area contributed by atoms with Gasteiger partial charge >= 0.3 is 12.2 Å². The van der Waals surface area contributed by atoms with Crippen molar-refractivity contribution < 1.29 is 51.9 Å². The number of aliphatic hydroxyl groups is 1. The Bertz CT molecular complexity index is 1610. The normalized spacial score (nSPS) is 20.6. The Hall–Kier alpha value is -3.63. The second kappa shape index (κ2) is 18.6. The number of amides is 2. The third-order valence-electron chi connectivity index (χ3n) is 10.2. The molecule has 14 nitrogen and oxygen atoms in total. The number of nitrogens with one attached hydrogen (secondary N) is 1. The lowest BCUT2D eigenvalue weighted by molar-refractivity contribution is -0.0906. The highest BCUT2D eigenvalue weighted by Gasteiger charge is 2.49. The van der Waals surface area contributed by atoms with Gasteiger partial charge in [0.1, 0.15) is 0 Å². The number of aliphatic hydroxyl groups excluding tert-OH is 1. The van der Waals surface area contributed by atoms with Crippen LogP contribution in [-0.4, -0.2) is 111 Å². The van der Waals surface area contributed by atoms with E-state index in [0.717, 1.165) is 37.7 Å². The molecule has 2 amide bonds. The van der Waals surface area contributed by atoms with Gasteiger partial charge in [-0.1, -0.05) is 70.4 Å². The predicted molar refractivity (Wildman–Crippen MR) is 195 cm³/mol. The van der Waals surface area contributed by atoms with Crippen LogP contribution in [0.1, 0.15) is 71.3 Å². The standard InChI is InChI=1S/C38H55N3O11S/c1-4-5-19-49-36(43)39-18-11-7-10-17-38(2,3)25-40(53(46,47)28-14-15-33-34(22-28)52-26-51-33)23-32(42)30(21-27-12-8-6-9-13-27)41(37(44)45)31-24-50-35-29(31)16-20-48-35/h6,8-9,12-15,22,29-32,35,42H,4-5,7,10-11,16-21,23-26H2,1-3H3,(H,39,43)(H,44,45)/t29-,30-,31-,32+,35+/m0/s1. The number of hydrogen-bond donors (Lipinski definition) is 3. The summed E-state index contributed by atoms with van der Waals surface area (Å²) in [6.07, 6.45) is 1.94. The number of alkyl carbamates (subject to hydrolysis) is 1. The molecule has 2 aromatic rings. The van der Waals surface area contributed by atoms with Crippen molar-refractivity contribution in [3.05, 3.63) is 54.1 Å². The first-order valence-corrected chi connectivity index (χ1v) is 20.1. The van der Waals surface area contributed by atoms with Crippen LogP contribution in [0.15, 0.2) is 53.4 Å². The first-order chi connectivity index (χ1) is 25.4. The van der Waals surface area contributed by atoms with Gasteiger partial charge in [0.05, 0.1) is 42.9 Å². The quantitative estimate of drug-likeness (QED) is 0.151. The molecule has 0 bridgehead atoms. The summed E-state index contributed by atoms with van der Waals surface area (Å²) in [7, 11) is -4.23. The maximum Gasteiger partial charge on any atom is 0.407 e. The summed E-state index contributed by atoms with van der Waals surface area (Å²) in [6.45, 7) is 7.09. The molecule has 2 fully saturated rings. The molecule has 2 saturated heterocycles. The Balaban J connectivity index is 1.35. The second-order valence-electron chi connectivity index (χ2n) is 14.8. The lowest BCUT2D eigenvalue weighted by atomic mass is 9.86. The van der Waals surface area contributed by atoms with Gasteiger partial charge in [0.25, 0.3) is 0 Å². The minimum atomic E-state index is -4.23. The molecule has 294 valence electrons. The predicted octanol–water partition coefficient (Wildman–Crippen LogP) is 5.23. The van der Waals surface area contributed by atoms with Gasteiger partial charge in [-0.3, -0.25) is 4.90 Å². The van der Waals surface area contributed by atoms with E-state index in [1.54, 1.807) is 6.07 Å². The van der Waals surface area contributed by atoms with Crippen LogP contribution in [0.25, 0.3) is 0 Å². The highest BCUT2D eigenvalue weighted by atomic mass is 32.2. The molecule has 3 N–H and O–H groups in total. The van der Waals surface area contributed by atoms with E-state index in [-0.39, 0.29) is 43.7 Å². The van der Waals surface area contributed by atoms with E-state index in [4.69, 9.17) is 23.7 Å². The molecule has 0 aromatic heterocycles. The number of benzene rings is 2. The average molecular weight is 762 g/mol. The molecule has 0 unspecified atom stereocenters. The number of carbonyl (C=O) groups excluding carboxylic acids is 1. The lowest BCUT2D eigenvalue weighted by Crippen LogP contribution is -2.58. The number of carboxylic acid groups (broad SMARTS) is 1. The third-order valence-corrected chi connectivity index (χ3v) is 12.0. The Kier molecular flexibility index (Phi) is 14.2. The van der Waals surface area contributed by atoms with E-state index in [1.807, 2.05) is 51.1 Å². The summed E-state index contributed by atoms with van der Waals surface area (Å²) in [4.78, 5) is 26.2. The van der Waals surface area contributed by atoms with Crippen LogP contribution in [0.2, 0.25) is 0 Å². The second-order valence-corrected chi connectivity index (χ2v) is 16.7. The summed E-state index contributed by atoms with van der Waals surface area (Å²) < 4.78 is 57.8. The molecule has 3 heterocycles. The fourth-order valence-electron chi connectivity index (χ4n) is 7.31. The van der Waals surface area contributed by atoms with Gasteiger partial charge in [0.15, 0.2) is 17.8 Å². The maximum absolute atomic E-state index is 14.5. The number of sulfonamides is 1. The van der Waals surface area contributed by atoms with Crippen molar-refractivity contribution in [3.8, 4) is 11.5 Å². The van der Waals surface area contributed by atoms with Crippen LogP contribution >= 0.6 is 0 Å². The maximum atomic E-state index is 14.5. The highest BCUT2D eigenvalue weighted by Crippen LogP contribution is 2.38. The molecule has 53 heavy (non-hydrogen) atoms. The summed E-state index contributed by atoms with van der Waals surface area (Å²) in [5, 5.41) is 25.6. The molecule has 5 rings (SSSR count). The van der Waals surface area contributed by atoms with Crippen LogP contribution < -0.4 is 14.8 Å². The van der Waals surface area contributed by atoms with Crippen LogP contribution in [0.5, 0.6) is 11.5 Å². The van der Waals surface area contributed by atoms with E-state index >= 15 is 0 Å². The van der Waals surface area contributed by atoms with Gasteiger partial charge in [0.2, 0.25) is 16.8 Å². The van der Waals surface area contributed by atoms with Crippen molar-refractivity contribution >= 4 is 22.2 Å². The fourth-order valence-corrected chi connectivity index (χ4v) is 8.97. The van der Waals surface area contributed by atoms with E-state index < -0.39 is 52.1 Å². The Morgan fingerprint density at radius 1 is 1.04 bits per heavy atom. The van der Waals surface area contributed by atoms with E-state index in [0.29, 0.717) is 44.1 Å². The summed E-state index contributed by atoms with van der Waals surface area (Å²) in [5.74, 6) is 0.542. The zero-order valence-electron chi connectivity index (χ0n) is 31.0. The Labute approximate surface area is 312 Å². The molecular formula is C38H55N3O11S. The van der Waals surface area contributed by atoms with Crippen LogP contribution in [0.4, 0.5) is 9.59 Å². The number of rotatable bonds is 20. The largest absolute Gasteiger partial charge is 0.465 e. The Morgan fingerprint density at radius 2 is 1.81 bits per heavy atom. The minimum Gasteiger partial charge on any atom is -0.465 e. The third kappa shape index (κ3) is 10.7. The van der Waals surface area contributed by atoms with Crippen molar-refractivity contribution in [1.29, 1.82) is 0 Å². The molecule has 5 atom stereocenters. The Morgan fingerprint density at radius 3 is 2.57 bits per heavy atom. The molecule has 2 aromatic carbocycles. The van der Waals surface area contributed by atoms with Gasteiger partial charge in [-0.05, 0) is 55.2 Å². The molecular weight excluding hydrogens is 706 g/mol. The van der Waals surface area contributed by atoms with Crippen molar-refractivity contribution in [1.82, 2.24) is 14.5 Å². The van der Waals surface area contributed by atoms with Gasteiger partial charge in [-0.25, -0.2) is 18.0 Å². The van der Waals surface area contributed by atoms with Crippen LogP contribution in [0, 0.1) is 11.3 Å². The number of carbonyl (C=O) groups is 2. The van der Waals surface area contributed by atoms with Gasteiger partial charge in [-0.15, -0.1) is 0 Å². The van der Waals surface area contributed by atoms with Crippen LogP contribution in [0.3, 0.4) is 0 Å². The van der Waals surface area contributed by atoms with Crippen molar-refractivity contribution in [2.24, 2.45) is 11.3 Å². The van der Waals surface area contributed by atoms with Gasteiger partial charge in [-0.2, -0.15) is 4.31 Å². The smallest absolute Gasteiger partial charge is 0.407 e. The fraction of sp³-hybridized carbons (Fsp3) is 0.632. The van der Waals surface area contributed by atoms with Crippen molar-refractivity contribution in [2.45, 2.75) is 102 Å². The molecule has 15 heteroatoms. The molecule has 0 spiro atoms. The van der Waals surface area contributed by atoms with Crippen molar-refractivity contribution in [2.75, 3.05) is 46.2 Å². The SMILES string of the molecule is CCCCOC(=O)NCCCCCC(C)(C)CN(C[C@@H](O)[C@H](Cc1ccccc1)N(C(=O)O)[C@H]1CO[C@H]2OCC[C@H]21)S(=O)(=O)c1ccc2c(c1)OCO2. The number of unbranched alkanes of at least 4 members (excludes halogenated alkanes) is 3. The number of ether oxygens (including phenoxy) is 5. The summed E-state index contributed by atoms with van der Waals surface area (Å²) in [5.41, 5.74) is 0.264. The lowest BCUT2D eigenvalue weighted by Gasteiger charge is -2.40. The molecule has 0 saturated carbocycles. The molecule has 3 aliphatic rings. The van der Waals surface area contributed by atoms with Crippen molar-refractivity contribution in [3.63, 3.8) is 0 Å². The summed E-state index contributed by atoms with van der Waals surface area (Å²) in [6, 6.07) is 12.1. The summed E-state index contributed by atoms with van der Waals surface area (Å²) >= 11 is 0. The average Bonchev–Trinajstić information content (AvgIpc) is 3.88. The zero-order valence-corrected chi connectivity index (χ0v) is 31.8. The number of fused-ring (bicyclic) bond motifs is 2. The zero-order chi connectivity index (χ0) is 38.0. The topological polar surface area (TPSA) is 173 Å². The van der Waals surface area contributed by atoms with E-state index in [9.17, 15) is 28.2 Å². The number of nitrogens with zero attached hydrogens (tertiary/aromatic N) is 2. The first kappa shape index (κ1) is 40.6. The number of hydrogen-bond acceptors (Lipinski definition) is 10. The van der Waals surface area contributed by atoms with Crippen LogP contribution in [-0.2, 0) is 30.7 Å². The van der Waals surface area contributed by atoms with E-state index in [2.05, 4.69) is 5.32 Å². The molecule has 0 radical (unpaired) electrons. The first-order valence-electron chi connectivity index (χ1n) is 18.7. The monoisotopic (exact) mass is 761 g/mol. The van der Waals surface area contributed by atoms with E-state index in [1.165, 1.54) is 21.3 Å². The minimum absolute atomic E-state index is 0.0200. The van der Waals surface area contributed by atoms with Gasteiger partial charge in [0, 0.05) is 31.6 Å². The molecule has 3 aliphatic heterocycles.